The minimum Gasteiger partial charge on any atom is -0.126 e. The van der Waals surface area contributed by atoms with Gasteiger partial charge in [-0.25, -0.2) is 0 Å². The predicted octanol–water partition coefficient (Wildman–Crippen LogP) is 3.46. The summed E-state index contributed by atoms with van der Waals surface area (Å²) in [6.45, 7) is 6.23. The number of hydrogen-bond acceptors (Lipinski definition) is 0. The minimum atomic E-state index is 1.04. The number of rotatable bonds is 3. The van der Waals surface area contributed by atoms with E-state index in [1.807, 2.05) is 13.0 Å². The molecule has 0 amide bonds. The van der Waals surface area contributed by atoms with E-state index in [-0.39, 0.29) is 0 Å². The lowest BCUT2D eigenvalue weighted by atomic mass is 10.2. The molecule has 0 heterocycles. The Balaban J connectivity index is 3.70. The van der Waals surface area contributed by atoms with Gasteiger partial charge in [0, 0.05) is 0 Å². The Morgan fingerprint density at radius 3 is 2.60 bits per heavy atom. The third-order valence-corrected chi connectivity index (χ3v) is 1.22. The van der Waals surface area contributed by atoms with Gasteiger partial charge in [0.2, 0.25) is 0 Å². The maximum Gasteiger partial charge on any atom is -0.00654 e. The molecule has 0 aliphatic rings. The highest BCUT2D eigenvalue weighted by Gasteiger charge is 1.79. The summed E-state index contributed by atoms with van der Waals surface area (Å²) in [7, 11) is 0. The fourth-order valence-corrected chi connectivity index (χ4v) is 0.732. The molecule has 0 aliphatic carbocycles. The van der Waals surface area contributed by atoms with Crippen LogP contribution >= 0.6 is 0 Å². The highest BCUT2D eigenvalue weighted by atomic mass is 13.8. The predicted molar refractivity (Wildman–Crippen MR) is 47.0 cm³/mol. The summed E-state index contributed by atoms with van der Waals surface area (Å²) in [5, 5.41) is 0. The van der Waals surface area contributed by atoms with Gasteiger partial charge in [0.25, 0.3) is 0 Å². The lowest BCUT2D eigenvalue weighted by molar-refractivity contribution is 1.16. The third kappa shape index (κ3) is 5.40. The van der Waals surface area contributed by atoms with Crippen LogP contribution in [0.15, 0.2) is 29.5 Å². The molecule has 0 aromatic carbocycles. The Bertz CT molecular complexity index is 155. The van der Waals surface area contributed by atoms with Crippen LogP contribution in [0.4, 0.5) is 0 Å². The van der Waals surface area contributed by atoms with Gasteiger partial charge >= 0.3 is 0 Å². The van der Waals surface area contributed by atoms with Gasteiger partial charge < -0.3 is 0 Å². The lowest BCUT2D eigenvalue weighted by Gasteiger charge is -1.87. The zero-order valence-electron chi connectivity index (χ0n) is 7.15. The van der Waals surface area contributed by atoms with Crippen LogP contribution in [0.2, 0.25) is 0 Å². The van der Waals surface area contributed by atoms with Crippen molar-refractivity contribution in [1.29, 1.82) is 0 Å². The van der Waals surface area contributed by atoms with E-state index in [1.165, 1.54) is 5.57 Å². The molecule has 10 heavy (non-hydrogen) atoms. The molecule has 0 rings (SSSR count). The van der Waals surface area contributed by atoms with Crippen molar-refractivity contribution in [1.82, 2.24) is 0 Å². The van der Waals surface area contributed by atoms with Crippen LogP contribution in [0.3, 0.4) is 0 Å². The lowest BCUT2D eigenvalue weighted by Crippen LogP contribution is -1.67. The van der Waals surface area contributed by atoms with E-state index >= 15 is 0 Å². The zero-order chi connectivity index (χ0) is 7.82. The maximum absolute atomic E-state index is 3.14. The summed E-state index contributed by atoms with van der Waals surface area (Å²) in [6, 6.07) is 0. The maximum atomic E-state index is 3.14. The van der Waals surface area contributed by atoms with Crippen LogP contribution in [0.25, 0.3) is 0 Å². The minimum absolute atomic E-state index is 1.04. The van der Waals surface area contributed by atoms with Crippen LogP contribution in [0.1, 0.15) is 33.6 Å². The highest BCUT2D eigenvalue weighted by Crippen LogP contribution is 1.98. The third-order valence-electron chi connectivity index (χ3n) is 1.22. The summed E-state index contributed by atoms with van der Waals surface area (Å²) in [5.74, 6) is 0. The second-order valence-electron chi connectivity index (χ2n) is 2.30. The molecule has 0 bridgehead atoms. The first kappa shape index (κ1) is 9.26. The van der Waals surface area contributed by atoms with Crippen LogP contribution in [0.5, 0.6) is 0 Å². The second kappa shape index (κ2) is 6.38. The molecule has 56 valence electrons. The van der Waals surface area contributed by atoms with Gasteiger partial charge in [-0.05, 0) is 38.3 Å². The standard InChI is InChI=1S/C10H16/c1-4-6-7-9-10(3)8-5-2/h5-7H,4,9H2,1-3H3. The largest absolute Gasteiger partial charge is 0.126 e. The first-order valence-electron chi connectivity index (χ1n) is 3.83. The smallest absolute Gasteiger partial charge is 0.00654 e. The molecule has 0 nitrogen and oxygen atoms in total. The van der Waals surface area contributed by atoms with Gasteiger partial charge in [-0.2, -0.15) is 0 Å². The van der Waals surface area contributed by atoms with Crippen molar-refractivity contribution in [2.45, 2.75) is 33.6 Å². The van der Waals surface area contributed by atoms with Crippen LogP contribution in [0, 0.1) is 0 Å². The SMILES string of the molecule is CC=C=C(C)CC=CCC. The molecule has 0 radical (unpaired) electrons. The molecule has 0 aliphatic heterocycles. The summed E-state index contributed by atoms with van der Waals surface area (Å²) >= 11 is 0. The molecule has 0 heteroatoms. The first-order valence-corrected chi connectivity index (χ1v) is 3.83. The van der Waals surface area contributed by atoms with Crippen molar-refractivity contribution in [3.05, 3.63) is 29.5 Å². The normalized spacial score (nSPS) is 9.50. The average molecular weight is 136 g/mol. The van der Waals surface area contributed by atoms with E-state index in [0.717, 1.165) is 12.8 Å². The topological polar surface area (TPSA) is 0 Å². The summed E-state index contributed by atoms with van der Waals surface area (Å²) < 4.78 is 0. The van der Waals surface area contributed by atoms with Crippen molar-refractivity contribution >= 4 is 0 Å². The summed E-state index contributed by atoms with van der Waals surface area (Å²) in [6.07, 6.45) is 8.49. The Kier molecular flexibility index (Phi) is 5.91. The van der Waals surface area contributed by atoms with Crippen molar-refractivity contribution in [3.8, 4) is 0 Å². The van der Waals surface area contributed by atoms with E-state index in [4.69, 9.17) is 0 Å². The molecule has 0 unspecified atom stereocenters. The second-order valence-corrected chi connectivity index (χ2v) is 2.30. The number of allylic oxidation sites excluding steroid dienone is 3. The Morgan fingerprint density at radius 1 is 1.40 bits per heavy atom. The summed E-state index contributed by atoms with van der Waals surface area (Å²) in [5.41, 5.74) is 4.44. The van der Waals surface area contributed by atoms with E-state index in [9.17, 15) is 0 Å². The van der Waals surface area contributed by atoms with Crippen LogP contribution in [-0.2, 0) is 0 Å². The van der Waals surface area contributed by atoms with E-state index in [2.05, 4.69) is 31.7 Å². The Hall–Kier alpha value is -0.740. The van der Waals surface area contributed by atoms with Crippen molar-refractivity contribution in [2.75, 3.05) is 0 Å². The monoisotopic (exact) mass is 136 g/mol. The molecular formula is C10H16. The molecule has 0 fully saturated rings. The van der Waals surface area contributed by atoms with Crippen molar-refractivity contribution < 1.29 is 0 Å². The van der Waals surface area contributed by atoms with Gasteiger partial charge in [-0.3, -0.25) is 0 Å². The molecule has 0 aromatic heterocycles. The van der Waals surface area contributed by atoms with E-state index in [0.29, 0.717) is 0 Å². The quantitative estimate of drug-likeness (QED) is 0.411. The van der Waals surface area contributed by atoms with Crippen molar-refractivity contribution in [3.63, 3.8) is 0 Å². The summed E-state index contributed by atoms with van der Waals surface area (Å²) in [4.78, 5) is 0. The van der Waals surface area contributed by atoms with E-state index < -0.39 is 0 Å². The Labute approximate surface area is 64.0 Å². The zero-order valence-corrected chi connectivity index (χ0v) is 7.15. The average Bonchev–Trinajstić information content (AvgIpc) is 1.89. The first-order chi connectivity index (χ1) is 4.81. The fraction of sp³-hybridized carbons (Fsp3) is 0.500. The molecule has 0 saturated heterocycles. The molecule has 0 aromatic rings. The van der Waals surface area contributed by atoms with Crippen LogP contribution in [-0.4, -0.2) is 0 Å². The molecule has 0 N–H and O–H groups in total. The van der Waals surface area contributed by atoms with Crippen LogP contribution < -0.4 is 0 Å². The molecular weight excluding hydrogens is 120 g/mol. The number of hydrogen-bond donors (Lipinski definition) is 0. The highest BCUT2D eigenvalue weighted by molar-refractivity contribution is 5.03. The molecule has 0 atom stereocenters. The van der Waals surface area contributed by atoms with Gasteiger partial charge in [-0.1, -0.05) is 19.1 Å². The van der Waals surface area contributed by atoms with Gasteiger partial charge in [-0.15, -0.1) is 5.73 Å². The fourth-order valence-electron chi connectivity index (χ4n) is 0.732. The van der Waals surface area contributed by atoms with Crippen molar-refractivity contribution in [2.24, 2.45) is 0 Å². The van der Waals surface area contributed by atoms with Gasteiger partial charge in [0.1, 0.15) is 0 Å². The van der Waals surface area contributed by atoms with Gasteiger partial charge in [0.15, 0.2) is 0 Å². The van der Waals surface area contributed by atoms with Gasteiger partial charge in [0.05, 0.1) is 0 Å². The molecule has 0 spiro atoms. The Morgan fingerprint density at radius 2 is 2.10 bits per heavy atom. The molecule has 0 saturated carbocycles. The van der Waals surface area contributed by atoms with E-state index in [1.54, 1.807) is 0 Å².